The zero-order valence-electron chi connectivity index (χ0n) is 6.54. The molecule has 4 heteroatoms. The quantitative estimate of drug-likeness (QED) is 0.533. The molecule has 1 aliphatic rings. The van der Waals surface area contributed by atoms with Crippen molar-refractivity contribution in [3.05, 3.63) is 35.9 Å². The maximum atomic E-state index is 10.8. The van der Waals surface area contributed by atoms with Crippen LogP contribution in [0, 0.1) is 0 Å². The van der Waals surface area contributed by atoms with Crippen LogP contribution in [0.3, 0.4) is 0 Å². The number of benzene rings is 1. The fourth-order valence-electron chi connectivity index (χ4n) is 1.21. The Morgan fingerprint density at radius 2 is 1.85 bits per heavy atom. The van der Waals surface area contributed by atoms with Gasteiger partial charge in [0, 0.05) is 0 Å². The number of cyclic esters (lactones) is 1. The van der Waals surface area contributed by atoms with E-state index in [1.165, 1.54) is 0 Å². The molecule has 1 aromatic rings. The molecule has 0 saturated carbocycles. The number of hydrogen-bond acceptors (Lipinski definition) is 2. The number of ether oxygens (including phenoxy) is 1. The summed E-state index contributed by atoms with van der Waals surface area (Å²) in [6, 6.07) is 9.18. The molecule has 13 heavy (non-hydrogen) atoms. The lowest BCUT2D eigenvalue weighted by molar-refractivity contribution is -0.172. The van der Waals surface area contributed by atoms with Gasteiger partial charge in [-0.2, -0.15) is 0 Å². The molecule has 1 aliphatic heterocycles. The lowest BCUT2D eigenvalue weighted by Gasteiger charge is -2.37. The van der Waals surface area contributed by atoms with Gasteiger partial charge in [0.2, 0.25) is 0 Å². The van der Waals surface area contributed by atoms with E-state index in [1.54, 1.807) is 0 Å². The van der Waals surface area contributed by atoms with Gasteiger partial charge in [-0.15, -0.1) is 0 Å². The first-order valence-electron chi connectivity index (χ1n) is 3.76. The summed E-state index contributed by atoms with van der Waals surface area (Å²) in [4.78, 5) is 10.8. The fraction of sp³-hybridized carbons (Fsp3) is 0.222. The van der Waals surface area contributed by atoms with Crippen LogP contribution in [0.2, 0.25) is 0 Å². The average Bonchev–Trinajstić information content (AvgIpc) is 2.15. The van der Waals surface area contributed by atoms with Gasteiger partial charge in [0.15, 0.2) is 6.10 Å². The molecular formula is C9H6Cl2O2. The van der Waals surface area contributed by atoms with Crippen LogP contribution in [0.4, 0.5) is 0 Å². The van der Waals surface area contributed by atoms with Crippen molar-refractivity contribution < 1.29 is 9.53 Å². The van der Waals surface area contributed by atoms with E-state index in [1.807, 2.05) is 30.3 Å². The summed E-state index contributed by atoms with van der Waals surface area (Å²) in [7, 11) is 0. The van der Waals surface area contributed by atoms with Gasteiger partial charge in [-0.1, -0.05) is 53.5 Å². The van der Waals surface area contributed by atoms with Gasteiger partial charge >= 0.3 is 5.97 Å². The van der Waals surface area contributed by atoms with Gasteiger partial charge in [-0.3, -0.25) is 0 Å². The Labute approximate surface area is 85.4 Å². The molecule has 68 valence electrons. The van der Waals surface area contributed by atoms with E-state index >= 15 is 0 Å². The minimum atomic E-state index is -1.42. The highest BCUT2D eigenvalue weighted by atomic mass is 35.5. The van der Waals surface area contributed by atoms with Crippen LogP contribution in [0.1, 0.15) is 11.7 Å². The molecule has 0 bridgehead atoms. The highest BCUT2D eigenvalue weighted by molar-refractivity contribution is 6.59. The molecule has 0 N–H and O–H groups in total. The molecule has 2 rings (SSSR count). The Balaban J connectivity index is 2.27. The second-order valence-corrected chi connectivity index (χ2v) is 4.20. The van der Waals surface area contributed by atoms with Crippen molar-refractivity contribution in [2.75, 3.05) is 0 Å². The summed E-state index contributed by atoms with van der Waals surface area (Å²) in [6.07, 6.45) is -0.537. The number of halogens is 2. The van der Waals surface area contributed by atoms with Crippen LogP contribution in [-0.2, 0) is 9.53 Å². The second-order valence-electron chi connectivity index (χ2n) is 2.82. The monoisotopic (exact) mass is 216 g/mol. The summed E-state index contributed by atoms with van der Waals surface area (Å²) in [6.45, 7) is 0. The molecule has 1 heterocycles. The molecule has 0 aromatic heterocycles. The summed E-state index contributed by atoms with van der Waals surface area (Å²) < 4.78 is 3.42. The van der Waals surface area contributed by atoms with E-state index in [-0.39, 0.29) is 0 Å². The highest BCUT2D eigenvalue weighted by Crippen LogP contribution is 2.48. The number of alkyl halides is 2. The second kappa shape index (κ2) is 2.89. The molecule has 1 saturated heterocycles. The van der Waals surface area contributed by atoms with Crippen molar-refractivity contribution in [2.24, 2.45) is 0 Å². The molecular weight excluding hydrogens is 211 g/mol. The molecule has 0 aliphatic carbocycles. The maximum absolute atomic E-state index is 10.8. The third-order valence-corrected chi connectivity index (χ3v) is 2.63. The molecule has 1 fully saturated rings. The summed E-state index contributed by atoms with van der Waals surface area (Å²) >= 11 is 11.5. The largest absolute Gasteiger partial charge is 0.451 e. The van der Waals surface area contributed by atoms with Crippen LogP contribution < -0.4 is 0 Å². The van der Waals surface area contributed by atoms with Crippen LogP contribution in [-0.4, -0.2) is 10.3 Å². The van der Waals surface area contributed by atoms with E-state index in [0.717, 1.165) is 5.56 Å². The van der Waals surface area contributed by atoms with E-state index in [4.69, 9.17) is 27.9 Å². The molecule has 0 radical (unpaired) electrons. The van der Waals surface area contributed by atoms with Crippen molar-refractivity contribution in [3.8, 4) is 0 Å². The predicted molar refractivity (Wildman–Crippen MR) is 49.7 cm³/mol. The lowest BCUT2D eigenvalue weighted by atomic mass is 10.0. The van der Waals surface area contributed by atoms with Gasteiger partial charge in [-0.05, 0) is 5.56 Å². The first-order chi connectivity index (χ1) is 6.12. The number of carbonyl (C=O) groups excluding carboxylic acids is 1. The normalized spacial score (nSPS) is 24.8. The van der Waals surface area contributed by atoms with E-state index < -0.39 is 16.4 Å². The topological polar surface area (TPSA) is 26.3 Å². The SMILES string of the molecule is O=C1O[C@@H](c2ccccc2)C1(Cl)Cl. The van der Waals surface area contributed by atoms with Crippen molar-refractivity contribution >= 4 is 29.2 Å². The maximum Gasteiger partial charge on any atom is 0.347 e. The van der Waals surface area contributed by atoms with Gasteiger partial charge in [0.25, 0.3) is 4.33 Å². The first-order valence-corrected chi connectivity index (χ1v) is 4.52. The zero-order valence-corrected chi connectivity index (χ0v) is 8.05. The van der Waals surface area contributed by atoms with E-state index in [9.17, 15) is 4.79 Å². The third-order valence-electron chi connectivity index (χ3n) is 1.93. The van der Waals surface area contributed by atoms with Crippen LogP contribution in [0.5, 0.6) is 0 Å². The number of esters is 1. The Bertz CT molecular complexity index is 335. The summed E-state index contributed by atoms with van der Waals surface area (Å²) in [5, 5.41) is 0. The average molecular weight is 217 g/mol. The van der Waals surface area contributed by atoms with Crippen LogP contribution >= 0.6 is 23.2 Å². The molecule has 2 nitrogen and oxygen atoms in total. The number of hydrogen-bond donors (Lipinski definition) is 0. The third kappa shape index (κ3) is 1.30. The van der Waals surface area contributed by atoms with Gasteiger partial charge in [0.05, 0.1) is 0 Å². The minimum Gasteiger partial charge on any atom is -0.451 e. The molecule has 1 atom stereocenters. The van der Waals surface area contributed by atoms with Crippen LogP contribution in [0.25, 0.3) is 0 Å². The number of carbonyl (C=O) groups is 1. The smallest absolute Gasteiger partial charge is 0.347 e. The predicted octanol–water partition coefficient (Wildman–Crippen LogP) is 2.46. The Hall–Kier alpha value is -0.730. The van der Waals surface area contributed by atoms with Crippen molar-refractivity contribution in [1.82, 2.24) is 0 Å². The Morgan fingerprint density at radius 3 is 2.31 bits per heavy atom. The number of rotatable bonds is 1. The summed E-state index contributed by atoms with van der Waals surface area (Å²) in [5.74, 6) is -0.579. The molecule has 0 spiro atoms. The first kappa shape index (κ1) is 8.85. The van der Waals surface area contributed by atoms with Crippen molar-refractivity contribution in [3.63, 3.8) is 0 Å². The van der Waals surface area contributed by atoms with Gasteiger partial charge in [-0.25, -0.2) is 4.79 Å². The Kier molecular flexibility index (Phi) is 1.97. The van der Waals surface area contributed by atoms with E-state index in [0.29, 0.717) is 0 Å². The lowest BCUT2D eigenvalue weighted by Crippen LogP contribution is -2.48. The molecule has 1 aromatic carbocycles. The van der Waals surface area contributed by atoms with Crippen molar-refractivity contribution in [1.29, 1.82) is 0 Å². The minimum absolute atomic E-state index is 0.537. The highest BCUT2D eigenvalue weighted by Gasteiger charge is 2.56. The van der Waals surface area contributed by atoms with Crippen LogP contribution in [0.15, 0.2) is 30.3 Å². The standard InChI is InChI=1S/C9H6Cl2O2/c10-9(11)7(13-8(9)12)6-4-2-1-3-5-6/h1-5,7H/t7-/m0/s1. The molecule has 0 amide bonds. The summed E-state index contributed by atoms with van der Waals surface area (Å²) in [5.41, 5.74) is 0.812. The van der Waals surface area contributed by atoms with Gasteiger partial charge < -0.3 is 4.74 Å². The fourth-order valence-corrected chi connectivity index (χ4v) is 1.64. The Morgan fingerprint density at radius 1 is 1.23 bits per heavy atom. The van der Waals surface area contributed by atoms with E-state index in [2.05, 4.69) is 0 Å². The van der Waals surface area contributed by atoms with Crippen molar-refractivity contribution in [2.45, 2.75) is 10.4 Å². The van der Waals surface area contributed by atoms with Gasteiger partial charge in [0.1, 0.15) is 0 Å². The molecule has 0 unspecified atom stereocenters. The zero-order chi connectivity index (χ0) is 9.47.